The Morgan fingerprint density at radius 1 is 0.889 bits per heavy atom. The molecule has 4 heterocycles. The lowest BCUT2D eigenvalue weighted by Gasteiger charge is -2.30. The van der Waals surface area contributed by atoms with Crippen LogP contribution in [0.4, 0.5) is 11.6 Å². The van der Waals surface area contributed by atoms with E-state index in [-0.39, 0.29) is 11.0 Å². The van der Waals surface area contributed by atoms with Gasteiger partial charge >= 0.3 is 0 Å². The molecule has 0 radical (unpaired) electrons. The molecule has 8 heteroatoms. The van der Waals surface area contributed by atoms with Crippen LogP contribution >= 0.6 is 0 Å². The molecule has 0 spiro atoms. The number of anilines is 2. The van der Waals surface area contributed by atoms with Crippen molar-refractivity contribution in [3.05, 3.63) is 129 Å². The highest BCUT2D eigenvalue weighted by atomic mass is 16.1. The molecule has 2 aliphatic rings. The van der Waals surface area contributed by atoms with Crippen molar-refractivity contribution in [1.29, 1.82) is 0 Å². The van der Waals surface area contributed by atoms with Gasteiger partial charge in [-0.05, 0) is 92.1 Å². The van der Waals surface area contributed by atoms with E-state index in [1.165, 1.54) is 0 Å². The number of nitrogen functional groups attached to an aromatic ring is 1. The number of aryl methyl sites for hydroxylation is 2. The first-order valence-electron chi connectivity index (χ1n) is 15.4. The van der Waals surface area contributed by atoms with Crippen molar-refractivity contribution in [2.45, 2.75) is 58.0 Å². The van der Waals surface area contributed by atoms with Crippen LogP contribution in [-0.4, -0.2) is 19.5 Å². The summed E-state index contributed by atoms with van der Waals surface area (Å²) in [5.74, 6) is 1.33. The molecule has 3 aromatic carbocycles. The summed E-state index contributed by atoms with van der Waals surface area (Å²) in [6.45, 7) is 8.95. The van der Waals surface area contributed by atoms with Crippen molar-refractivity contribution >= 4 is 33.3 Å². The summed E-state index contributed by atoms with van der Waals surface area (Å²) in [7, 11) is 0. The zero-order chi connectivity index (χ0) is 31.1. The summed E-state index contributed by atoms with van der Waals surface area (Å²) in [5, 5.41) is 4.78. The summed E-state index contributed by atoms with van der Waals surface area (Å²) >= 11 is 0. The maximum absolute atomic E-state index is 14.3. The Labute approximate surface area is 261 Å². The molecule has 3 N–H and O–H groups in total. The van der Waals surface area contributed by atoms with Crippen molar-refractivity contribution in [3.63, 3.8) is 0 Å². The van der Waals surface area contributed by atoms with E-state index in [4.69, 9.17) is 15.7 Å². The van der Waals surface area contributed by atoms with Crippen LogP contribution in [0.25, 0.3) is 27.4 Å². The lowest BCUT2D eigenvalue weighted by Crippen LogP contribution is -2.45. The highest BCUT2D eigenvalue weighted by Crippen LogP contribution is 2.53. The minimum absolute atomic E-state index is 0.00253. The second kappa shape index (κ2) is 9.71. The Morgan fingerprint density at radius 3 is 2.49 bits per heavy atom. The first-order valence-corrected chi connectivity index (χ1v) is 15.4. The first-order chi connectivity index (χ1) is 21.7. The number of fused-ring (bicyclic) bond motifs is 3. The Kier molecular flexibility index (Phi) is 5.93. The topological polar surface area (TPSA) is 102 Å². The maximum atomic E-state index is 14.3. The molecule has 0 bridgehead atoms. The molecule has 8 nitrogen and oxygen atoms in total. The molecule has 8 rings (SSSR count). The van der Waals surface area contributed by atoms with E-state index in [1.807, 2.05) is 79.1 Å². The van der Waals surface area contributed by atoms with Gasteiger partial charge in [-0.2, -0.15) is 0 Å². The zero-order valence-corrected chi connectivity index (χ0v) is 25.9. The number of hydrogen-bond donors (Lipinski definition) is 2. The third kappa shape index (κ3) is 4.24. The number of para-hydroxylation sites is 1. The molecule has 1 fully saturated rings. The number of rotatable bonds is 5. The average Bonchev–Trinajstić information content (AvgIpc) is 3.71. The molecule has 3 aromatic heterocycles. The van der Waals surface area contributed by atoms with Gasteiger partial charge in [-0.1, -0.05) is 49.4 Å². The number of hydrazine groups is 1. The number of pyridine rings is 2. The van der Waals surface area contributed by atoms with Gasteiger partial charge in [-0.25, -0.2) is 20.4 Å². The van der Waals surface area contributed by atoms with Gasteiger partial charge in [0.25, 0.3) is 5.56 Å². The molecule has 45 heavy (non-hydrogen) atoms. The number of aromatic nitrogens is 4. The van der Waals surface area contributed by atoms with E-state index >= 15 is 0 Å². The molecule has 224 valence electrons. The number of benzene rings is 3. The van der Waals surface area contributed by atoms with E-state index in [2.05, 4.69) is 47.5 Å². The largest absolute Gasteiger partial charge is 0.384 e. The minimum Gasteiger partial charge on any atom is -0.384 e. The molecule has 0 saturated heterocycles. The highest BCUT2D eigenvalue weighted by Gasteiger charge is 2.51. The van der Waals surface area contributed by atoms with Crippen LogP contribution in [-0.2, 0) is 17.5 Å². The van der Waals surface area contributed by atoms with Crippen LogP contribution in [0, 0.1) is 13.8 Å². The SMILES string of the molecule is Cc1ccccc1-n1c(CN2NC(C)(c3ccc4nc(N)ccc4c3)c3c2ncnc3C2(C)CC2)cc2cccc(C)c2c1=O. The Hall–Kier alpha value is -5.08. The number of nitrogens with zero attached hydrogens (tertiary/aromatic N) is 5. The molecule has 1 atom stereocenters. The summed E-state index contributed by atoms with van der Waals surface area (Å²) < 4.78 is 1.87. The van der Waals surface area contributed by atoms with Gasteiger partial charge in [0.15, 0.2) is 5.82 Å². The Morgan fingerprint density at radius 2 is 1.69 bits per heavy atom. The fourth-order valence-corrected chi connectivity index (χ4v) is 7.02. The van der Waals surface area contributed by atoms with Crippen LogP contribution in [0.15, 0.2) is 90.0 Å². The van der Waals surface area contributed by atoms with E-state index in [0.717, 1.165) is 79.7 Å². The molecular weight excluding hydrogens is 558 g/mol. The fraction of sp³-hybridized carbons (Fsp3) is 0.243. The lowest BCUT2D eigenvalue weighted by atomic mass is 9.82. The molecule has 1 aliphatic carbocycles. The van der Waals surface area contributed by atoms with Gasteiger partial charge in [-0.15, -0.1) is 0 Å². The smallest absolute Gasteiger partial charge is 0.263 e. The molecule has 1 aliphatic heterocycles. The Bertz CT molecular complexity index is 2240. The predicted molar refractivity (Wildman–Crippen MR) is 180 cm³/mol. The minimum atomic E-state index is -0.631. The predicted octanol–water partition coefficient (Wildman–Crippen LogP) is 6.37. The van der Waals surface area contributed by atoms with E-state index in [0.29, 0.717) is 12.4 Å². The second-order valence-electron chi connectivity index (χ2n) is 13.0. The van der Waals surface area contributed by atoms with Gasteiger partial charge in [0.1, 0.15) is 12.1 Å². The van der Waals surface area contributed by atoms with Gasteiger partial charge in [-0.3, -0.25) is 14.4 Å². The molecule has 1 unspecified atom stereocenters. The number of nitrogens with one attached hydrogen (secondary N) is 1. The normalized spacial score (nSPS) is 18.4. The van der Waals surface area contributed by atoms with Crippen molar-refractivity contribution in [1.82, 2.24) is 24.9 Å². The standard InChI is InChI=1S/C37H35N7O/c1-22-8-5-6-11-29(22)44-27(19-25-10-7-9-23(2)31(25)35(44)45)20-43-34-32(33(39-21-40-34)36(3)16-17-36)37(4,42-43)26-13-14-28-24(18-26)12-15-30(38)41-28/h5-15,18-19,21,42H,16-17,20H2,1-4H3,(H2,38,41). The lowest BCUT2D eigenvalue weighted by molar-refractivity contribution is 0.445. The van der Waals surface area contributed by atoms with Crippen LogP contribution in [0.3, 0.4) is 0 Å². The summed E-state index contributed by atoms with van der Waals surface area (Å²) in [6, 6.07) is 26.4. The van der Waals surface area contributed by atoms with Crippen LogP contribution in [0.1, 0.15) is 60.3 Å². The van der Waals surface area contributed by atoms with Crippen molar-refractivity contribution < 1.29 is 0 Å². The second-order valence-corrected chi connectivity index (χ2v) is 13.0. The maximum Gasteiger partial charge on any atom is 0.263 e. The zero-order valence-electron chi connectivity index (χ0n) is 25.9. The van der Waals surface area contributed by atoms with E-state index < -0.39 is 5.54 Å². The summed E-state index contributed by atoms with van der Waals surface area (Å²) in [5.41, 5.74) is 17.0. The number of hydrogen-bond acceptors (Lipinski definition) is 7. The fourth-order valence-electron chi connectivity index (χ4n) is 7.02. The summed E-state index contributed by atoms with van der Waals surface area (Å²) in [6.07, 6.45) is 3.86. The monoisotopic (exact) mass is 593 g/mol. The third-order valence-corrected chi connectivity index (χ3v) is 9.81. The average molecular weight is 594 g/mol. The number of nitrogens with two attached hydrogens (primary N) is 1. The molecule has 1 saturated carbocycles. The van der Waals surface area contributed by atoms with Crippen LogP contribution in [0.5, 0.6) is 0 Å². The van der Waals surface area contributed by atoms with Gasteiger partial charge in [0, 0.05) is 22.1 Å². The van der Waals surface area contributed by atoms with E-state index in [1.54, 1.807) is 6.33 Å². The third-order valence-electron chi connectivity index (χ3n) is 9.81. The summed E-state index contributed by atoms with van der Waals surface area (Å²) in [4.78, 5) is 28.6. The van der Waals surface area contributed by atoms with Crippen LogP contribution in [0.2, 0.25) is 0 Å². The molecule has 6 aromatic rings. The van der Waals surface area contributed by atoms with Crippen molar-refractivity contribution in [2.24, 2.45) is 0 Å². The molecular formula is C37H35N7O. The van der Waals surface area contributed by atoms with Crippen molar-refractivity contribution in [3.8, 4) is 5.69 Å². The van der Waals surface area contributed by atoms with Gasteiger partial charge in [0.2, 0.25) is 0 Å². The molecule has 0 amide bonds. The first kappa shape index (κ1) is 27.5. The van der Waals surface area contributed by atoms with Gasteiger partial charge in [0.05, 0.1) is 34.4 Å². The quantitative estimate of drug-likeness (QED) is 0.240. The highest BCUT2D eigenvalue weighted by molar-refractivity contribution is 5.86. The Balaban J connectivity index is 1.33. The van der Waals surface area contributed by atoms with Crippen molar-refractivity contribution in [2.75, 3.05) is 10.7 Å². The van der Waals surface area contributed by atoms with Crippen LogP contribution < -0.4 is 21.7 Å². The van der Waals surface area contributed by atoms with E-state index in [9.17, 15) is 4.79 Å². The van der Waals surface area contributed by atoms with Gasteiger partial charge < -0.3 is 5.73 Å².